The molecule has 0 spiro atoms. The highest BCUT2D eigenvalue weighted by atomic mass is 16.5. The maximum atomic E-state index is 10.5. The number of esters is 1. The zero-order valence-corrected chi connectivity index (χ0v) is 6.83. The van der Waals surface area contributed by atoms with Crippen LogP contribution in [0.3, 0.4) is 0 Å². The van der Waals surface area contributed by atoms with Crippen LogP contribution in [0.1, 0.15) is 13.8 Å². The topological polar surface area (TPSA) is 26.3 Å². The molecule has 0 bridgehead atoms. The van der Waals surface area contributed by atoms with E-state index < -0.39 is 0 Å². The number of carbonyl (C=O) groups excluding carboxylic acids is 1. The molecule has 0 aliphatic carbocycles. The summed E-state index contributed by atoms with van der Waals surface area (Å²) in [4.78, 5) is 10.5. The summed E-state index contributed by atoms with van der Waals surface area (Å²) in [6.07, 6.45) is 6.71. The van der Waals surface area contributed by atoms with Gasteiger partial charge in [0.25, 0.3) is 0 Å². The van der Waals surface area contributed by atoms with E-state index in [-0.39, 0.29) is 5.97 Å². The number of ether oxygens (including phenoxy) is 1. The zero-order chi connectivity index (χ0) is 8.69. The van der Waals surface area contributed by atoms with Gasteiger partial charge in [0.15, 0.2) is 0 Å². The lowest BCUT2D eigenvalue weighted by atomic mass is 10.4. The first kappa shape index (κ1) is 9.69. The van der Waals surface area contributed by atoms with Crippen molar-refractivity contribution in [1.29, 1.82) is 0 Å². The fourth-order valence-corrected chi connectivity index (χ4v) is 0.518. The van der Waals surface area contributed by atoms with E-state index in [0.717, 1.165) is 0 Å². The van der Waals surface area contributed by atoms with Gasteiger partial charge in [0.05, 0.1) is 0 Å². The summed E-state index contributed by atoms with van der Waals surface area (Å²) in [6, 6.07) is 0. The number of rotatable bonds is 3. The fourth-order valence-electron chi connectivity index (χ4n) is 0.518. The van der Waals surface area contributed by atoms with Crippen molar-refractivity contribution in [2.24, 2.45) is 0 Å². The largest absolute Gasteiger partial charge is 0.427 e. The highest BCUT2D eigenvalue weighted by Gasteiger charge is 1.93. The normalized spacial score (nSPS) is 11.6. The molecule has 0 radical (unpaired) electrons. The van der Waals surface area contributed by atoms with Crippen molar-refractivity contribution < 1.29 is 9.53 Å². The minimum Gasteiger partial charge on any atom is -0.427 e. The van der Waals surface area contributed by atoms with E-state index in [1.54, 1.807) is 31.2 Å². The lowest BCUT2D eigenvalue weighted by molar-refractivity contribution is -0.136. The lowest BCUT2D eigenvalue weighted by Gasteiger charge is -1.98. The molecular weight excluding hydrogens is 140 g/mol. The van der Waals surface area contributed by atoms with Gasteiger partial charge >= 0.3 is 5.97 Å². The summed E-state index contributed by atoms with van der Waals surface area (Å²) in [5, 5.41) is 0. The smallest absolute Gasteiger partial charge is 0.308 e. The Morgan fingerprint density at radius 1 is 1.55 bits per heavy atom. The number of hydrogen-bond donors (Lipinski definition) is 0. The second-order valence-corrected chi connectivity index (χ2v) is 1.88. The Balaban J connectivity index is 4.08. The third kappa shape index (κ3) is 5.15. The molecule has 2 nitrogen and oxygen atoms in total. The van der Waals surface area contributed by atoms with Gasteiger partial charge in [0.2, 0.25) is 0 Å². The van der Waals surface area contributed by atoms with Crippen LogP contribution in [0.15, 0.2) is 36.6 Å². The molecule has 0 aliphatic rings. The molecule has 11 heavy (non-hydrogen) atoms. The zero-order valence-electron chi connectivity index (χ0n) is 6.83. The predicted molar refractivity (Wildman–Crippen MR) is 44.9 cm³/mol. The summed E-state index contributed by atoms with van der Waals surface area (Å²) in [5.41, 5.74) is 0. The van der Waals surface area contributed by atoms with E-state index in [1.165, 1.54) is 6.92 Å². The third-order valence-electron chi connectivity index (χ3n) is 0.943. The quantitative estimate of drug-likeness (QED) is 0.352. The molecule has 0 saturated carbocycles. The van der Waals surface area contributed by atoms with E-state index in [1.807, 2.05) is 0 Å². The average Bonchev–Trinajstić information content (AvgIpc) is 1.97. The molecular formula is C9H12O2. The highest BCUT2D eigenvalue weighted by Crippen LogP contribution is 1.99. The maximum absolute atomic E-state index is 10.5. The van der Waals surface area contributed by atoms with Crippen molar-refractivity contribution in [3.8, 4) is 0 Å². The first-order chi connectivity index (χ1) is 5.20. The molecule has 0 aromatic rings. The van der Waals surface area contributed by atoms with Crippen molar-refractivity contribution in [1.82, 2.24) is 0 Å². The van der Waals surface area contributed by atoms with Crippen LogP contribution in [0.5, 0.6) is 0 Å². The highest BCUT2D eigenvalue weighted by molar-refractivity contribution is 5.67. The number of carbonyl (C=O) groups is 1. The molecule has 0 amide bonds. The SMILES string of the molecule is C=C/C=C\C(=C/C)OC(C)=O. The van der Waals surface area contributed by atoms with Crippen LogP contribution in [-0.4, -0.2) is 5.97 Å². The van der Waals surface area contributed by atoms with Crippen molar-refractivity contribution in [3.05, 3.63) is 36.6 Å². The number of allylic oxidation sites excluding steroid dienone is 4. The molecule has 0 aromatic carbocycles. The predicted octanol–water partition coefficient (Wildman–Crippen LogP) is 2.20. The molecule has 0 rings (SSSR count). The van der Waals surface area contributed by atoms with Gasteiger partial charge in [-0.1, -0.05) is 18.7 Å². The van der Waals surface area contributed by atoms with Crippen LogP contribution >= 0.6 is 0 Å². The summed E-state index contributed by atoms with van der Waals surface area (Å²) in [6.45, 7) is 6.66. The Morgan fingerprint density at radius 2 is 2.18 bits per heavy atom. The summed E-state index contributed by atoms with van der Waals surface area (Å²) >= 11 is 0. The van der Waals surface area contributed by atoms with E-state index in [0.29, 0.717) is 5.76 Å². The Morgan fingerprint density at radius 3 is 2.55 bits per heavy atom. The van der Waals surface area contributed by atoms with Crippen LogP contribution in [0.2, 0.25) is 0 Å². The van der Waals surface area contributed by atoms with E-state index in [4.69, 9.17) is 4.74 Å². The average molecular weight is 152 g/mol. The summed E-state index contributed by atoms with van der Waals surface area (Å²) in [5.74, 6) is 0.226. The third-order valence-corrected chi connectivity index (χ3v) is 0.943. The van der Waals surface area contributed by atoms with Crippen LogP contribution in [0.4, 0.5) is 0 Å². The monoisotopic (exact) mass is 152 g/mol. The summed E-state index contributed by atoms with van der Waals surface area (Å²) < 4.78 is 4.79. The minimum atomic E-state index is -0.313. The maximum Gasteiger partial charge on any atom is 0.308 e. The van der Waals surface area contributed by atoms with E-state index in [2.05, 4.69) is 6.58 Å². The molecule has 0 atom stereocenters. The van der Waals surface area contributed by atoms with Crippen LogP contribution in [-0.2, 0) is 9.53 Å². The summed E-state index contributed by atoms with van der Waals surface area (Å²) in [7, 11) is 0. The molecule has 2 heteroatoms. The van der Waals surface area contributed by atoms with E-state index >= 15 is 0 Å². The molecule has 60 valence electrons. The van der Waals surface area contributed by atoms with Crippen LogP contribution in [0.25, 0.3) is 0 Å². The molecule has 0 N–H and O–H groups in total. The van der Waals surface area contributed by atoms with Gasteiger partial charge in [-0.15, -0.1) is 0 Å². The van der Waals surface area contributed by atoms with Gasteiger partial charge in [-0.3, -0.25) is 4.79 Å². The Labute approximate surface area is 66.9 Å². The number of hydrogen-bond acceptors (Lipinski definition) is 2. The van der Waals surface area contributed by atoms with Crippen LogP contribution < -0.4 is 0 Å². The molecule has 0 fully saturated rings. The fraction of sp³-hybridized carbons (Fsp3) is 0.222. The van der Waals surface area contributed by atoms with Crippen molar-refractivity contribution in [3.63, 3.8) is 0 Å². The van der Waals surface area contributed by atoms with Gasteiger partial charge in [0.1, 0.15) is 5.76 Å². The van der Waals surface area contributed by atoms with Crippen LogP contribution in [0, 0.1) is 0 Å². The lowest BCUT2D eigenvalue weighted by Crippen LogP contribution is -1.95. The molecule has 0 unspecified atom stereocenters. The van der Waals surface area contributed by atoms with Gasteiger partial charge < -0.3 is 4.74 Å². The van der Waals surface area contributed by atoms with Crippen molar-refractivity contribution in [2.75, 3.05) is 0 Å². The van der Waals surface area contributed by atoms with Gasteiger partial charge in [-0.05, 0) is 19.1 Å². The second-order valence-electron chi connectivity index (χ2n) is 1.88. The molecule has 0 aliphatic heterocycles. The van der Waals surface area contributed by atoms with Gasteiger partial charge in [-0.2, -0.15) is 0 Å². The first-order valence-electron chi connectivity index (χ1n) is 3.34. The second kappa shape index (κ2) is 5.47. The standard InChI is InChI=1S/C9H12O2/c1-4-6-7-9(5-2)11-8(3)10/h4-7H,1H2,2-3H3/b7-6-,9-5+. The minimum absolute atomic E-state index is 0.313. The molecule has 0 heterocycles. The molecule has 0 saturated heterocycles. The van der Waals surface area contributed by atoms with Gasteiger partial charge in [-0.25, -0.2) is 0 Å². The van der Waals surface area contributed by atoms with Gasteiger partial charge in [0, 0.05) is 6.92 Å². The van der Waals surface area contributed by atoms with Crippen molar-refractivity contribution in [2.45, 2.75) is 13.8 Å². The Hall–Kier alpha value is -1.31. The van der Waals surface area contributed by atoms with E-state index in [9.17, 15) is 4.79 Å². The molecule has 0 aromatic heterocycles. The van der Waals surface area contributed by atoms with Crippen molar-refractivity contribution >= 4 is 5.97 Å². The Kier molecular flexibility index (Phi) is 4.82. The first-order valence-corrected chi connectivity index (χ1v) is 3.34. The Bertz CT molecular complexity index is 200.